The predicted octanol–water partition coefficient (Wildman–Crippen LogP) is 3.37. The molecular formula is C31H32BrN5O9S. The molecule has 0 bridgehead atoms. The van der Waals surface area contributed by atoms with Crippen molar-refractivity contribution in [3.8, 4) is 11.3 Å². The number of nitrogens with zero attached hydrogens (tertiary/aromatic N) is 4. The van der Waals surface area contributed by atoms with Gasteiger partial charge in [-0.05, 0) is 23.3 Å². The van der Waals surface area contributed by atoms with Crippen LogP contribution < -0.4 is 10.2 Å². The topological polar surface area (TPSA) is 176 Å². The van der Waals surface area contributed by atoms with E-state index in [1.165, 1.54) is 11.3 Å². The highest BCUT2D eigenvalue weighted by Crippen LogP contribution is 2.20. The third-order valence-electron chi connectivity index (χ3n) is 5.86. The largest absolute Gasteiger partial charge is 0.462 e. The van der Waals surface area contributed by atoms with Crippen molar-refractivity contribution in [3.05, 3.63) is 74.8 Å². The van der Waals surface area contributed by atoms with Crippen LogP contribution in [0.15, 0.2) is 79.8 Å². The fourth-order valence-corrected chi connectivity index (χ4v) is 5.12. The zero-order chi connectivity index (χ0) is 34.3. The Morgan fingerprint density at radius 3 is 2.17 bits per heavy atom. The predicted molar refractivity (Wildman–Crippen MR) is 175 cm³/mol. The van der Waals surface area contributed by atoms with E-state index in [1.807, 2.05) is 60.0 Å². The maximum atomic E-state index is 13.1. The lowest BCUT2D eigenvalue weighted by Crippen LogP contribution is -2.48. The second-order valence-corrected chi connectivity index (χ2v) is 11.4. The molecule has 0 unspecified atom stereocenters. The number of esters is 4. The van der Waals surface area contributed by atoms with E-state index in [1.54, 1.807) is 10.8 Å². The Hall–Kier alpha value is -4.96. The summed E-state index contributed by atoms with van der Waals surface area (Å²) in [4.78, 5) is 60.6. The summed E-state index contributed by atoms with van der Waals surface area (Å²) in [6.45, 7) is 3.67. The summed E-state index contributed by atoms with van der Waals surface area (Å²) < 4.78 is 23.3. The molecule has 47 heavy (non-hydrogen) atoms. The highest BCUT2D eigenvalue weighted by Gasteiger charge is 2.37. The molecule has 1 heterocycles. The molecule has 16 heteroatoms. The number of aromatic nitrogens is 1. The zero-order valence-electron chi connectivity index (χ0n) is 25.8. The number of halogens is 1. The first-order chi connectivity index (χ1) is 22.4. The van der Waals surface area contributed by atoms with E-state index in [0.29, 0.717) is 10.5 Å². The van der Waals surface area contributed by atoms with Crippen LogP contribution in [-0.4, -0.2) is 71.7 Å². The van der Waals surface area contributed by atoms with Crippen LogP contribution in [0.2, 0.25) is 0 Å². The van der Waals surface area contributed by atoms with Gasteiger partial charge < -0.3 is 23.5 Å². The van der Waals surface area contributed by atoms with Gasteiger partial charge in [0.25, 0.3) is 5.91 Å². The molecule has 3 aromatic rings. The summed E-state index contributed by atoms with van der Waals surface area (Å²) in [6.07, 6.45) is -1.72. The van der Waals surface area contributed by atoms with E-state index < -0.39 is 54.7 Å². The Bertz CT molecular complexity index is 1690. The number of hydrogen-bond acceptors (Lipinski definition) is 13. The number of ether oxygens (including phenoxy) is 4. The maximum Gasteiger partial charge on any atom is 0.303 e. The van der Waals surface area contributed by atoms with Crippen molar-refractivity contribution >= 4 is 69.5 Å². The van der Waals surface area contributed by atoms with E-state index in [2.05, 4.69) is 36.7 Å². The molecule has 1 aromatic heterocycles. The fourth-order valence-electron chi connectivity index (χ4n) is 3.99. The molecule has 0 aliphatic heterocycles. The summed E-state index contributed by atoms with van der Waals surface area (Å²) in [5.74, 6) is -3.67. The molecule has 0 saturated heterocycles. The van der Waals surface area contributed by atoms with Gasteiger partial charge in [0.15, 0.2) is 18.3 Å². The summed E-state index contributed by atoms with van der Waals surface area (Å²) in [7, 11) is 0. The summed E-state index contributed by atoms with van der Waals surface area (Å²) >= 11 is 4.68. The molecule has 0 fully saturated rings. The minimum Gasteiger partial charge on any atom is -0.462 e. The summed E-state index contributed by atoms with van der Waals surface area (Å²) in [5.41, 5.74) is 4.73. The number of hydrazone groups is 1. The van der Waals surface area contributed by atoms with Crippen molar-refractivity contribution in [1.82, 2.24) is 9.99 Å². The van der Waals surface area contributed by atoms with Crippen LogP contribution in [-0.2, 0) is 49.5 Å². The highest BCUT2D eigenvalue weighted by molar-refractivity contribution is 9.10. The number of benzene rings is 2. The van der Waals surface area contributed by atoms with Crippen molar-refractivity contribution in [2.24, 2.45) is 15.3 Å². The summed E-state index contributed by atoms with van der Waals surface area (Å²) in [5, 5.41) is 14.3. The average molecular weight is 731 g/mol. The van der Waals surface area contributed by atoms with Crippen LogP contribution in [0.5, 0.6) is 0 Å². The van der Waals surface area contributed by atoms with Gasteiger partial charge in [-0.1, -0.05) is 58.4 Å². The van der Waals surface area contributed by atoms with Crippen molar-refractivity contribution in [1.29, 1.82) is 0 Å². The third kappa shape index (κ3) is 12.4. The van der Waals surface area contributed by atoms with Gasteiger partial charge in [-0.15, -0.1) is 16.4 Å². The van der Waals surface area contributed by atoms with Crippen LogP contribution in [0.4, 0.5) is 0 Å². The van der Waals surface area contributed by atoms with Gasteiger partial charge in [0, 0.05) is 37.5 Å². The van der Waals surface area contributed by atoms with Crippen LogP contribution in [0.1, 0.15) is 33.3 Å². The molecule has 0 saturated carbocycles. The molecule has 14 nitrogen and oxygen atoms in total. The Kier molecular flexibility index (Phi) is 14.2. The second kappa shape index (κ2) is 18.3. The first-order valence-electron chi connectivity index (χ1n) is 14.0. The molecule has 0 radical (unpaired) electrons. The van der Waals surface area contributed by atoms with E-state index >= 15 is 0 Å². The number of rotatable bonds is 14. The molecule has 248 valence electrons. The average Bonchev–Trinajstić information content (AvgIpc) is 3.40. The van der Waals surface area contributed by atoms with Crippen molar-refractivity contribution in [2.75, 3.05) is 6.61 Å². The molecule has 1 amide bonds. The lowest BCUT2D eigenvalue weighted by Gasteiger charge is -2.29. The SMILES string of the molecule is CC(=O)OC[C@@H](OC(C)=O)[C@H](OC(C)=O)[C@H](/C=N/NC(=O)Cn1c(-c2ccccc2)cs/c1=N/N=C/c1ccc(Br)cc1)OC(C)=O. The van der Waals surface area contributed by atoms with E-state index in [4.69, 9.17) is 18.9 Å². The maximum absolute atomic E-state index is 13.1. The van der Waals surface area contributed by atoms with Gasteiger partial charge in [0.2, 0.25) is 4.80 Å². The van der Waals surface area contributed by atoms with Crippen LogP contribution in [0.3, 0.4) is 0 Å². The molecule has 0 aliphatic rings. The molecule has 1 N–H and O–H groups in total. The molecular weight excluding hydrogens is 698 g/mol. The summed E-state index contributed by atoms with van der Waals surface area (Å²) in [6, 6.07) is 16.9. The Labute approximate surface area is 282 Å². The van der Waals surface area contributed by atoms with Crippen LogP contribution in [0, 0.1) is 0 Å². The normalized spacial score (nSPS) is 13.5. The van der Waals surface area contributed by atoms with Crippen LogP contribution >= 0.6 is 27.3 Å². The monoisotopic (exact) mass is 729 g/mol. The van der Waals surface area contributed by atoms with Crippen molar-refractivity contribution < 1.29 is 42.9 Å². The van der Waals surface area contributed by atoms with E-state index in [-0.39, 0.29) is 6.54 Å². The smallest absolute Gasteiger partial charge is 0.303 e. The minimum absolute atomic E-state index is 0.230. The molecule has 2 aromatic carbocycles. The Morgan fingerprint density at radius 1 is 0.894 bits per heavy atom. The lowest BCUT2D eigenvalue weighted by atomic mass is 10.1. The molecule has 0 aliphatic carbocycles. The number of carbonyl (C=O) groups is 5. The van der Waals surface area contributed by atoms with Gasteiger partial charge in [-0.2, -0.15) is 10.2 Å². The van der Waals surface area contributed by atoms with E-state index in [0.717, 1.165) is 49.5 Å². The van der Waals surface area contributed by atoms with Gasteiger partial charge in [-0.3, -0.25) is 24.0 Å². The number of hydrogen-bond donors (Lipinski definition) is 1. The van der Waals surface area contributed by atoms with Gasteiger partial charge in [0.05, 0.1) is 18.1 Å². The van der Waals surface area contributed by atoms with E-state index in [9.17, 15) is 24.0 Å². The van der Waals surface area contributed by atoms with Crippen molar-refractivity contribution in [3.63, 3.8) is 0 Å². The van der Waals surface area contributed by atoms with Gasteiger partial charge in [0.1, 0.15) is 13.2 Å². The number of nitrogens with one attached hydrogen (secondary N) is 1. The first-order valence-corrected chi connectivity index (χ1v) is 15.6. The number of carbonyl (C=O) groups excluding carboxylic acids is 5. The molecule has 0 spiro atoms. The van der Waals surface area contributed by atoms with Crippen LogP contribution in [0.25, 0.3) is 11.3 Å². The van der Waals surface area contributed by atoms with Crippen molar-refractivity contribution in [2.45, 2.75) is 52.6 Å². The third-order valence-corrected chi connectivity index (χ3v) is 7.24. The highest BCUT2D eigenvalue weighted by atomic mass is 79.9. The number of amides is 1. The standard InChI is InChI=1S/C31H32BrN5O9S/c1-19(38)43-17-28(45-21(3)40)30(46-22(4)41)27(44-20(2)39)15-34-35-29(42)16-37-26(24-8-6-5-7-9-24)18-47-31(37)36-33-14-23-10-12-25(32)13-11-23/h5-15,18,27-28,30H,16-17H2,1-4H3,(H,35,42)/b33-14+,34-15+,36-31+/t27-,28+,30+/m0/s1. The number of thiazole rings is 1. The quantitative estimate of drug-likeness (QED) is 0.113. The minimum atomic E-state index is -1.48. The van der Waals surface area contributed by atoms with Gasteiger partial charge >= 0.3 is 23.9 Å². The molecule has 3 atom stereocenters. The Balaban J connectivity index is 1.88. The molecule has 3 rings (SSSR count). The fraction of sp³-hybridized carbons (Fsp3) is 0.290. The first kappa shape index (κ1) is 36.5. The Morgan fingerprint density at radius 2 is 1.55 bits per heavy atom. The lowest BCUT2D eigenvalue weighted by molar-refractivity contribution is -0.183. The second-order valence-electron chi connectivity index (χ2n) is 9.66. The van der Waals surface area contributed by atoms with Gasteiger partial charge in [-0.25, -0.2) is 5.43 Å². The zero-order valence-corrected chi connectivity index (χ0v) is 28.2.